The molecule has 1 atom stereocenters. The minimum Gasteiger partial charge on any atom is -0.334 e. The van der Waals surface area contributed by atoms with Crippen molar-refractivity contribution in [3.63, 3.8) is 0 Å². The maximum absolute atomic E-state index is 8.67. The minimum absolute atomic E-state index is 0.0872. The largest absolute Gasteiger partial charge is 0.334 e. The normalized spacial score (nSPS) is 18.6. The van der Waals surface area contributed by atoms with E-state index in [1.807, 2.05) is 0 Å². The Morgan fingerprint density at radius 3 is 2.12 bits per heavy atom. The van der Waals surface area contributed by atoms with E-state index in [4.69, 9.17) is 14.9 Å². The molecular weight excluding hydrogens is 145 g/mol. The molecule has 0 aliphatic carbocycles. The van der Waals surface area contributed by atoms with E-state index in [2.05, 4.69) is 11.8 Å². The lowest BCUT2D eigenvalue weighted by Crippen LogP contribution is -2.04. The van der Waals surface area contributed by atoms with Crippen LogP contribution in [0.3, 0.4) is 0 Å². The Kier molecular flexibility index (Phi) is 3.09. The molecule has 0 saturated carbocycles. The van der Waals surface area contributed by atoms with Crippen LogP contribution in [0, 0.1) is 0 Å². The van der Waals surface area contributed by atoms with Gasteiger partial charge in [-0.3, -0.25) is 5.50 Å². The molecule has 0 bridgehead atoms. The third-order valence-electron chi connectivity index (χ3n) is 0.362. The van der Waals surface area contributed by atoms with Gasteiger partial charge in [0.25, 0.3) is 6.64 Å². The van der Waals surface area contributed by atoms with Crippen LogP contribution in [0.15, 0.2) is 0 Å². The third-order valence-corrected chi connectivity index (χ3v) is 1.34. The highest BCUT2D eigenvalue weighted by atomic mass is 32.5. The molecule has 0 fully saturated rings. The summed E-state index contributed by atoms with van der Waals surface area (Å²) in [6, 6.07) is 0. The molecule has 0 radical (unpaired) electrons. The van der Waals surface area contributed by atoms with E-state index in [0.29, 0.717) is 0 Å². The predicted octanol–water partition coefficient (Wildman–Crippen LogP) is 0.587. The highest BCUT2D eigenvalue weighted by molar-refractivity contribution is 8.08. The average molecular weight is 155 g/mol. The van der Waals surface area contributed by atoms with Gasteiger partial charge in [0.1, 0.15) is 0 Å². The molecule has 0 aromatic rings. The summed E-state index contributed by atoms with van der Waals surface area (Å²) < 4.78 is 4.70. The van der Waals surface area contributed by atoms with Gasteiger partial charge in [0.2, 0.25) is 0 Å². The van der Waals surface area contributed by atoms with E-state index in [9.17, 15) is 0 Å². The number of nitrogens with two attached hydrogens (primary N) is 1. The molecule has 0 heterocycles. The molecule has 1 unspecified atom stereocenters. The Morgan fingerprint density at radius 1 is 1.75 bits per heavy atom. The summed E-state index contributed by atoms with van der Waals surface area (Å²) >= 11 is 4.38. The zero-order valence-electron chi connectivity index (χ0n) is 4.87. The summed E-state index contributed by atoms with van der Waals surface area (Å²) in [6.45, 7) is 0.647. The molecule has 0 rings (SSSR count). The van der Waals surface area contributed by atoms with Crippen LogP contribution in [0.5, 0.6) is 0 Å². The zero-order chi connectivity index (χ0) is 6.78. The van der Waals surface area contributed by atoms with Crippen LogP contribution in [-0.2, 0) is 16.3 Å². The smallest absolute Gasteiger partial charge is 0.256 e. The first-order valence-corrected chi connectivity index (χ1v) is 4.96. The first-order valence-electron chi connectivity index (χ1n) is 2.21. The monoisotopic (exact) mass is 155 g/mol. The Morgan fingerprint density at radius 2 is 2.12 bits per heavy atom. The van der Waals surface area contributed by atoms with Crippen molar-refractivity contribution in [3.05, 3.63) is 0 Å². The van der Waals surface area contributed by atoms with Crippen LogP contribution >= 0.6 is 6.64 Å². The molecule has 0 aromatic heterocycles. The van der Waals surface area contributed by atoms with Crippen molar-refractivity contribution < 1.29 is 9.42 Å². The second-order valence-corrected chi connectivity index (χ2v) is 4.63. The van der Waals surface area contributed by atoms with Gasteiger partial charge in [-0.2, -0.15) is 0 Å². The summed E-state index contributed by atoms with van der Waals surface area (Å²) in [5.74, 6) is 0. The average Bonchev–Trinajstić information content (AvgIpc) is 1.21. The summed E-state index contributed by atoms with van der Waals surface area (Å²) in [6.07, 6.45) is -0.0872. The molecular formula is C3H10NO2PS. The topological polar surface area (TPSA) is 55.5 Å². The quantitative estimate of drug-likeness (QED) is 0.573. The van der Waals surface area contributed by atoms with Crippen LogP contribution in [0.2, 0.25) is 0 Å². The maximum atomic E-state index is 8.67. The molecule has 0 saturated heterocycles. The summed E-state index contributed by atoms with van der Waals surface area (Å²) in [5, 5.41) is 0. The number of hydrogen-bond donors (Lipinski definition) is 2. The number of rotatable bonds is 2. The molecule has 0 amide bonds. The SMILES string of the molecule is CC(C)OP(N)(O)=S. The lowest BCUT2D eigenvalue weighted by atomic mass is 10.5. The fourth-order valence-electron chi connectivity index (χ4n) is 0.302. The minimum atomic E-state index is -2.89. The van der Waals surface area contributed by atoms with Crippen LogP contribution in [0.1, 0.15) is 13.8 Å². The highest BCUT2D eigenvalue weighted by Gasteiger charge is 2.06. The second-order valence-electron chi connectivity index (χ2n) is 1.72. The van der Waals surface area contributed by atoms with E-state index in [1.165, 1.54) is 0 Å². The number of hydrogen-bond acceptors (Lipinski definition) is 2. The third kappa shape index (κ3) is 6.53. The van der Waals surface area contributed by atoms with Crippen molar-refractivity contribution in [2.45, 2.75) is 20.0 Å². The molecule has 8 heavy (non-hydrogen) atoms. The van der Waals surface area contributed by atoms with E-state index < -0.39 is 6.64 Å². The molecule has 0 spiro atoms. The van der Waals surface area contributed by atoms with Gasteiger partial charge in [-0.25, -0.2) is 0 Å². The van der Waals surface area contributed by atoms with Gasteiger partial charge in [0, 0.05) is 0 Å². The van der Waals surface area contributed by atoms with Gasteiger partial charge in [-0.05, 0) is 25.7 Å². The Bertz CT molecular complexity index is 110. The van der Waals surface area contributed by atoms with Crippen molar-refractivity contribution in [1.82, 2.24) is 0 Å². The molecule has 0 aliphatic rings. The molecule has 0 aliphatic heterocycles. The highest BCUT2D eigenvalue weighted by Crippen LogP contribution is 2.33. The van der Waals surface area contributed by atoms with Crippen LogP contribution in [-0.4, -0.2) is 11.0 Å². The zero-order valence-corrected chi connectivity index (χ0v) is 6.58. The van der Waals surface area contributed by atoms with Gasteiger partial charge >= 0.3 is 0 Å². The molecule has 5 heteroatoms. The van der Waals surface area contributed by atoms with Crippen LogP contribution < -0.4 is 5.50 Å². The fourth-order valence-corrected chi connectivity index (χ4v) is 1.42. The van der Waals surface area contributed by atoms with Crippen molar-refractivity contribution in [2.24, 2.45) is 5.50 Å². The van der Waals surface area contributed by atoms with Gasteiger partial charge in [-0.1, -0.05) is 0 Å². The Hall–Kier alpha value is 0.530. The van der Waals surface area contributed by atoms with Crippen molar-refractivity contribution in [2.75, 3.05) is 0 Å². The van der Waals surface area contributed by atoms with Crippen molar-refractivity contribution in [1.29, 1.82) is 0 Å². The predicted molar refractivity (Wildman–Crippen MR) is 36.9 cm³/mol. The Balaban J connectivity index is 3.56. The van der Waals surface area contributed by atoms with E-state index in [-0.39, 0.29) is 6.10 Å². The fraction of sp³-hybridized carbons (Fsp3) is 1.00. The first kappa shape index (κ1) is 8.53. The maximum Gasteiger partial charge on any atom is 0.256 e. The van der Waals surface area contributed by atoms with Crippen LogP contribution in [0.25, 0.3) is 0 Å². The van der Waals surface area contributed by atoms with Crippen molar-refractivity contribution >= 4 is 18.4 Å². The summed E-state index contributed by atoms with van der Waals surface area (Å²) in [4.78, 5) is 8.67. The molecule has 3 N–H and O–H groups in total. The second kappa shape index (κ2) is 2.90. The standard InChI is InChI=1S/C3H10NO2PS/c1-3(2)6-7(4,5)8/h3H,1-2H3,(H3,4,5,8). The van der Waals surface area contributed by atoms with E-state index in [0.717, 1.165) is 0 Å². The van der Waals surface area contributed by atoms with Gasteiger partial charge < -0.3 is 9.42 Å². The molecule has 50 valence electrons. The van der Waals surface area contributed by atoms with Crippen molar-refractivity contribution in [3.8, 4) is 0 Å². The lowest BCUT2D eigenvalue weighted by molar-refractivity contribution is 0.239. The molecule has 0 aromatic carbocycles. The van der Waals surface area contributed by atoms with Gasteiger partial charge in [0.15, 0.2) is 0 Å². The first-order chi connectivity index (χ1) is 3.42. The lowest BCUT2D eigenvalue weighted by Gasteiger charge is -2.11. The Labute approximate surface area is 54.1 Å². The van der Waals surface area contributed by atoms with E-state index in [1.54, 1.807) is 13.8 Å². The summed E-state index contributed by atoms with van der Waals surface area (Å²) in [5.41, 5.74) is 5.00. The summed E-state index contributed by atoms with van der Waals surface area (Å²) in [7, 11) is 0. The van der Waals surface area contributed by atoms with E-state index >= 15 is 0 Å². The van der Waals surface area contributed by atoms with Gasteiger partial charge in [-0.15, -0.1) is 0 Å². The van der Waals surface area contributed by atoms with Gasteiger partial charge in [0.05, 0.1) is 6.10 Å². The van der Waals surface area contributed by atoms with Crippen LogP contribution in [0.4, 0.5) is 0 Å². The molecule has 3 nitrogen and oxygen atoms in total.